The maximum Gasteiger partial charge on any atom is 0.414 e. The lowest BCUT2D eigenvalue weighted by Gasteiger charge is -2.34. The maximum atomic E-state index is 12.6. The minimum absolute atomic E-state index is 0.336. The van der Waals surface area contributed by atoms with Crippen LogP contribution in [0.15, 0.2) is 6.20 Å². The highest BCUT2D eigenvalue weighted by Gasteiger charge is 2.44. The molecule has 1 unspecified atom stereocenters. The monoisotopic (exact) mass is 332 g/mol. The van der Waals surface area contributed by atoms with Crippen molar-refractivity contribution in [3.8, 4) is 5.75 Å². The Morgan fingerprint density at radius 2 is 1.96 bits per heavy atom. The third kappa shape index (κ3) is 4.14. The number of halogens is 3. The SMILES string of the molecule is COc1c(C)cnc(CN2CCC(C(O)C(F)(F)F)CC2)c1C. The van der Waals surface area contributed by atoms with Crippen LogP contribution in [-0.4, -0.2) is 47.5 Å². The van der Waals surface area contributed by atoms with Crippen molar-refractivity contribution in [1.29, 1.82) is 0 Å². The number of hydrogen-bond donors (Lipinski definition) is 1. The number of piperidine rings is 1. The quantitative estimate of drug-likeness (QED) is 0.921. The molecule has 0 bridgehead atoms. The number of rotatable bonds is 4. The van der Waals surface area contributed by atoms with Crippen molar-refractivity contribution in [3.05, 3.63) is 23.0 Å². The molecule has 0 aromatic carbocycles. The topological polar surface area (TPSA) is 45.6 Å². The summed E-state index contributed by atoms with van der Waals surface area (Å²) in [5, 5.41) is 9.36. The lowest BCUT2D eigenvalue weighted by atomic mass is 9.90. The van der Waals surface area contributed by atoms with Crippen molar-refractivity contribution in [3.63, 3.8) is 0 Å². The highest BCUT2D eigenvalue weighted by Crippen LogP contribution is 2.32. The maximum absolute atomic E-state index is 12.6. The largest absolute Gasteiger partial charge is 0.496 e. The van der Waals surface area contributed by atoms with Crippen LogP contribution in [0.4, 0.5) is 13.2 Å². The van der Waals surface area contributed by atoms with Gasteiger partial charge in [-0.25, -0.2) is 0 Å². The Morgan fingerprint density at radius 1 is 1.35 bits per heavy atom. The third-order valence-corrected chi connectivity index (χ3v) is 4.54. The van der Waals surface area contributed by atoms with E-state index in [9.17, 15) is 18.3 Å². The average Bonchev–Trinajstić information content (AvgIpc) is 2.50. The molecule has 0 saturated carbocycles. The molecule has 1 saturated heterocycles. The fourth-order valence-electron chi connectivity index (χ4n) is 3.14. The lowest BCUT2D eigenvalue weighted by Crippen LogP contribution is -2.43. The molecule has 0 amide bonds. The fraction of sp³-hybridized carbons (Fsp3) is 0.688. The summed E-state index contributed by atoms with van der Waals surface area (Å²) in [5.41, 5.74) is 2.80. The van der Waals surface area contributed by atoms with E-state index in [1.807, 2.05) is 13.8 Å². The van der Waals surface area contributed by atoms with Crippen molar-refractivity contribution >= 4 is 0 Å². The molecule has 1 aromatic heterocycles. The second-order valence-electron chi connectivity index (χ2n) is 6.15. The van der Waals surface area contributed by atoms with Crippen molar-refractivity contribution in [2.75, 3.05) is 20.2 Å². The smallest absolute Gasteiger partial charge is 0.414 e. The molecular weight excluding hydrogens is 309 g/mol. The first-order valence-electron chi connectivity index (χ1n) is 7.70. The van der Waals surface area contributed by atoms with Crippen LogP contribution in [0.1, 0.15) is 29.7 Å². The summed E-state index contributed by atoms with van der Waals surface area (Å²) in [4.78, 5) is 6.50. The summed E-state index contributed by atoms with van der Waals surface area (Å²) in [5.74, 6) is 0.0882. The Bertz CT molecular complexity index is 541. The van der Waals surface area contributed by atoms with E-state index in [4.69, 9.17) is 4.74 Å². The standard InChI is InChI=1S/C16H23F3N2O2/c1-10-8-20-13(11(2)14(10)23-3)9-21-6-4-12(5-7-21)15(22)16(17,18)19/h8,12,15,22H,4-7,9H2,1-3H3. The normalized spacial score (nSPS) is 18.9. The molecule has 4 nitrogen and oxygen atoms in total. The molecular formula is C16H23F3N2O2. The van der Waals surface area contributed by atoms with Gasteiger partial charge < -0.3 is 9.84 Å². The number of ether oxygens (including phenoxy) is 1. The van der Waals surface area contributed by atoms with Gasteiger partial charge in [0, 0.05) is 23.9 Å². The van der Waals surface area contributed by atoms with Crippen LogP contribution in [0.2, 0.25) is 0 Å². The molecule has 0 radical (unpaired) electrons. The first-order valence-corrected chi connectivity index (χ1v) is 7.70. The zero-order valence-electron chi connectivity index (χ0n) is 13.7. The predicted molar refractivity (Wildman–Crippen MR) is 80.3 cm³/mol. The zero-order valence-corrected chi connectivity index (χ0v) is 13.7. The van der Waals surface area contributed by atoms with Gasteiger partial charge in [-0.15, -0.1) is 0 Å². The highest BCUT2D eigenvalue weighted by molar-refractivity contribution is 5.41. The molecule has 7 heteroatoms. The van der Waals surface area contributed by atoms with Crippen molar-refractivity contribution in [2.45, 2.75) is 45.5 Å². The number of pyridine rings is 1. The van der Waals surface area contributed by atoms with Gasteiger partial charge >= 0.3 is 6.18 Å². The van der Waals surface area contributed by atoms with Crippen LogP contribution in [0, 0.1) is 19.8 Å². The molecule has 23 heavy (non-hydrogen) atoms. The molecule has 1 fully saturated rings. The van der Waals surface area contributed by atoms with E-state index in [-0.39, 0.29) is 0 Å². The van der Waals surface area contributed by atoms with Gasteiger partial charge in [0.15, 0.2) is 6.10 Å². The van der Waals surface area contributed by atoms with Gasteiger partial charge in [-0.1, -0.05) is 0 Å². The Morgan fingerprint density at radius 3 is 2.48 bits per heavy atom. The summed E-state index contributed by atoms with van der Waals surface area (Å²) in [6.07, 6.45) is -4.33. The Balaban J connectivity index is 1.97. The number of aromatic nitrogens is 1. The van der Waals surface area contributed by atoms with Crippen LogP contribution in [-0.2, 0) is 6.54 Å². The molecule has 2 heterocycles. The van der Waals surface area contributed by atoms with Gasteiger partial charge in [-0.3, -0.25) is 9.88 Å². The molecule has 2 rings (SSSR count). The van der Waals surface area contributed by atoms with Crippen molar-refractivity contribution in [1.82, 2.24) is 9.88 Å². The summed E-state index contributed by atoms with van der Waals surface area (Å²) in [6, 6.07) is 0. The number of alkyl halides is 3. The van der Waals surface area contributed by atoms with E-state index >= 15 is 0 Å². The summed E-state index contributed by atoms with van der Waals surface area (Å²) >= 11 is 0. The van der Waals surface area contributed by atoms with E-state index in [0.717, 1.165) is 22.6 Å². The number of aryl methyl sites for hydroxylation is 1. The molecule has 1 aromatic rings. The van der Waals surface area contributed by atoms with E-state index in [1.54, 1.807) is 13.3 Å². The van der Waals surface area contributed by atoms with E-state index in [0.29, 0.717) is 32.5 Å². The van der Waals surface area contributed by atoms with Crippen LogP contribution in [0.3, 0.4) is 0 Å². The second-order valence-corrected chi connectivity index (χ2v) is 6.15. The summed E-state index contributed by atoms with van der Waals surface area (Å²) < 4.78 is 43.1. The fourth-order valence-corrected chi connectivity index (χ4v) is 3.14. The minimum Gasteiger partial charge on any atom is -0.496 e. The Hall–Kier alpha value is -1.34. The molecule has 1 aliphatic rings. The molecule has 1 atom stereocenters. The van der Waals surface area contributed by atoms with Gasteiger partial charge in [-0.05, 0) is 45.7 Å². The van der Waals surface area contributed by atoms with Crippen molar-refractivity contribution < 1.29 is 23.0 Å². The minimum atomic E-state index is -4.53. The molecule has 0 spiro atoms. The summed E-state index contributed by atoms with van der Waals surface area (Å²) in [6.45, 7) is 5.49. The number of nitrogens with zero attached hydrogens (tertiary/aromatic N) is 2. The van der Waals surface area contributed by atoms with E-state index < -0.39 is 18.2 Å². The number of aliphatic hydroxyl groups excluding tert-OH is 1. The second kappa shape index (κ2) is 7.05. The molecule has 1 aliphatic heterocycles. The molecule has 0 aliphatic carbocycles. The van der Waals surface area contributed by atoms with Gasteiger partial charge in [-0.2, -0.15) is 13.2 Å². The van der Waals surface area contributed by atoms with E-state index in [2.05, 4.69) is 9.88 Å². The van der Waals surface area contributed by atoms with Crippen LogP contribution in [0.5, 0.6) is 5.75 Å². The molecule has 130 valence electrons. The van der Waals surface area contributed by atoms with Gasteiger partial charge in [0.2, 0.25) is 0 Å². The van der Waals surface area contributed by atoms with Gasteiger partial charge in [0.05, 0.1) is 12.8 Å². The highest BCUT2D eigenvalue weighted by atomic mass is 19.4. The predicted octanol–water partition coefficient (Wildman–Crippen LogP) is 2.84. The van der Waals surface area contributed by atoms with Crippen LogP contribution >= 0.6 is 0 Å². The Kier molecular flexibility index (Phi) is 5.52. The number of likely N-dealkylation sites (tertiary alicyclic amines) is 1. The van der Waals surface area contributed by atoms with Crippen LogP contribution < -0.4 is 4.74 Å². The summed E-state index contributed by atoms with van der Waals surface area (Å²) in [7, 11) is 1.61. The van der Waals surface area contributed by atoms with Crippen molar-refractivity contribution in [2.24, 2.45) is 5.92 Å². The third-order valence-electron chi connectivity index (χ3n) is 4.54. The zero-order chi connectivity index (χ0) is 17.2. The van der Waals surface area contributed by atoms with E-state index in [1.165, 1.54) is 0 Å². The first kappa shape index (κ1) is 18.0. The van der Waals surface area contributed by atoms with Gasteiger partial charge in [0.1, 0.15) is 5.75 Å². The first-order chi connectivity index (χ1) is 10.7. The number of hydrogen-bond acceptors (Lipinski definition) is 4. The average molecular weight is 332 g/mol. The Labute approximate surface area is 134 Å². The lowest BCUT2D eigenvalue weighted by molar-refractivity contribution is -0.223. The van der Waals surface area contributed by atoms with Gasteiger partial charge in [0.25, 0.3) is 0 Å². The van der Waals surface area contributed by atoms with Crippen LogP contribution in [0.25, 0.3) is 0 Å². The number of aliphatic hydroxyl groups is 1. The molecule has 1 N–H and O–H groups in total. The number of methoxy groups -OCH3 is 1.